The van der Waals surface area contributed by atoms with Crippen molar-refractivity contribution in [2.24, 2.45) is 0 Å². The fourth-order valence-electron chi connectivity index (χ4n) is 1.85. The molecule has 0 aliphatic rings. The number of amides is 2. The molecule has 0 radical (unpaired) electrons. The largest absolute Gasteiger partial charge is 0.495 e. The lowest BCUT2D eigenvalue weighted by molar-refractivity contribution is -0.116. The predicted molar refractivity (Wildman–Crippen MR) is 84.4 cm³/mol. The summed E-state index contributed by atoms with van der Waals surface area (Å²) < 4.78 is 5.15. The molecule has 0 aliphatic heterocycles. The maximum atomic E-state index is 11.9. The molecule has 0 fully saturated rings. The Bertz CT molecular complexity index is 656. The molecule has 6 nitrogen and oxygen atoms in total. The van der Waals surface area contributed by atoms with Crippen LogP contribution in [0.25, 0.3) is 0 Å². The van der Waals surface area contributed by atoms with Crippen molar-refractivity contribution < 1.29 is 14.3 Å². The summed E-state index contributed by atoms with van der Waals surface area (Å²) in [5, 5.41) is 5.85. The van der Waals surface area contributed by atoms with Gasteiger partial charge in [-0.05, 0) is 30.3 Å². The number of anilines is 1. The fraction of sp³-hybridized carbons (Fsp3) is 0.200. The van der Waals surface area contributed by atoms with Crippen LogP contribution >= 0.6 is 11.6 Å². The third kappa shape index (κ3) is 4.26. The van der Waals surface area contributed by atoms with E-state index in [1.807, 2.05) is 0 Å². The first-order chi connectivity index (χ1) is 10.6. The van der Waals surface area contributed by atoms with Crippen LogP contribution in [-0.2, 0) is 4.79 Å². The summed E-state index contributed by atoms with van der Waals surface area (Å²) in [4.78, 5) is 26.4. The molecule has 2 aromatic rings. The second-order valence-corrected chi connectivity index (χ2v) is 4.92. The molecular weight excluding hydrogens is 306 g/mol. The predicted octanol–water partition coefficient (Wildman–Crippen LogP) is 2.44. The quantitative estimate of drug-likeness (QED) is 0.764. The minimum atomic E-state index is -0.252. The van der Waals surface area contributed by atoms with Crippen LogP contribution in [0.15, 0.2) is 36.5 Å². The number of ether oxygens (including phenoxy) is 1. The number of rotatable bonds is 6. The second-order valence-electron chi connectivity index (χ2n) is 4.48. The smallest absolute Gasteiger partial charge is 0.267 e. The highest BCUT2D eigenvalue weighted by atomic mass is 35.5. The van der Waals surface area contributed by atoms with E-state index in [9.17, 15) is 9.59 Å². The normalized spacial score (nSPS) is 10.1. The van der Waals surface area contributed by atoms with Gasteiger partial charge in [-0.3, -0.25) is 9.59 Å². The standard InChI is InChI=1S/C15H16ClN3O3/c1-22-13-5-4-10(16)9-12(13)19-14(20)6-8-18-15(21)11-3-2-7-17-11/h2-5,7,9,17H,6,8H2,1H3,(H,18,21)(H,19,20). The van der Waals surface area contributed by atoms with Gasteiger partial charge in [-0.15, -0.1) is 0 Å². The molecule has 7 heteroatoms. The first-order valence-corrected chi connectivity index (χ1v) is 7.03. The van der Waals surface area contributed by atoms with Gasteiger partial charge in [-0.2, -0.15) is 0 Å². The summed E-state index contributed by atoms with van der Waals surface area (Å²) >= 11 is 5.89. The number of hydrogen-bond acceptors (Lipinski definition) is 3. The maximum absolute atomic E-state index is 11.9. The molecule has 1 heterocycles. The monoisotopic (exact) mass is 321 g/mol. The van der Waals surface area contributed by atoms with Gasteiger partial charge in [-0.1, -0.05) is 11.6 Å². The number of carbonyl (C=O) groups is 2. The summed E-state index contributed by atoms with van der Waals surface area (Å²) in [6.45, 7) is 0.229. The van der Waals surface area contributed by atoms with Gasteiger partial charge in [0.15, 0.2) is 0 Å². The Labute approximate surface area is 132 Å². The van der Waals surface area contributed by atoms with Gasteiger partial charge in [0.05, 0.1) is 12.8 Å². The van der Waals surface area contributed by atoms with Crippen molar-refractivity contribution in [3.05, 3.63) is 47.2 Å². The molecule has 1 aromatic heterocycles. The summed E-state index contributed by atoms with van der Waals surface area (Å²) in [5.74, 6) is 0.0265. The van der Waals surface area contributed by atoms with Crippen molar-refractivity contribution in [3.63, 3.8) is 0 Å². The number of nitrogens with one attached hydrogen (secondary N) is 3. The van der Waals surface area contributed by atoms with Crippen molar-refractivity contribution in [1.29, 1.82) is 0 Å². The van der Waals surface area contributed by atoms with Crippen molar-refractivity contribution in [2.45, 2.75) is 6.42 Å². The molecule has 0 saturated heterocycles. The minimum Gasteiger partial charge on any atom is -0.495 e. The van der Waals surface area contributed by atoms with E-state index in [0.29, 0.717) is 22.2 Å². The van der Waals surface area contributed by atoms with Gasteiger partial charge >= 0.3 is 0 Å². The summed E-state index contributed by atoms with van der Waals surface area (Å²) in [6, 6.07) is 8.34. The van der Waals surface area contributed by atoms with E-state index in [0.717, 1.165) is 0 Å². The average Bonchev–Trinajstić information content (AvgIpc) is 3.01. The van der Waals surface area contributed by atoms with Gasteiger partial charge in [-0.25, -0.2) is 0 Å². The fourth-order valence-corrected chi connectivity index (χ4v) is 2.02. The number of carbonyl (C=O) groups excluding carboxylic acids is 2. The molecule has 2 amide bonds. The van der Waals surface area contributed by atoms with Gasteiger partial charge in [0.1, 0.15) is 11.4 Å². The highest BCUT2D eigenvalue weighted by molar-refractivity contribution is 6.31. The van der Waals surface area contributed by atoms with E-state index >= 15 is 0 Å². The first-order valence-electron chi connectivity index (χ1n) is 6.65. The lowest BCUT2D eigenvalue weighted by Crippen LogP contribution is -2.27. The Balaban J connectivity index is 1.83. The Hall–Kier alpha value is -2.47. The number of hydrogen-bond donors (Lipinski definition) is 3. The van der Waals surface area contributed by atoms with Crippen molar-refractivity contribution in [3.8, 4) is 5.75 Å². The third-order valence-corrected chi connectivity index (χ3v) is 3.15. The Morgan fingerprint density at radius 2 is 2.14 bits per heavy atom. The Morgan fingerprint density at radius 3 is 2.82 bits per heavy atom. The molecule has 22 heavy (non-hydrogen) atoms. The maximum Gasteiger partial charge on any atom is 0.267 e. The summed E-state index contributed by atoms with van der Waals surface area (Å²) in [7, 11) is 1.51. The van der Waals surface area contributed by atoms with E-state index in [2.05, 4.69) is 15.6 Å². The van der Waals surface area contributed by atoms with Crippen LogP contribution in [0.2, 0.25) is 5.02 Å². The van der Waals surface area contributed by atoms with Crippen LogP contribution in [0, 0.1) is 0 Å². The van der Waals surface area contributed by atoms with E-state index < -0.39 is 0 Å². The van der Waals surface area contributed by atoms with Gasteiger partial charge in [0.2, 0.25) is 5.91 Å². The van der Waals surface area contributed by atoms with Gasteiger partial charge in [0.25, 0.3) is 5.91 Å². The molecule has 0 aliphatic carbocycles. The molecule has 2 rings (SSSR count). The molecule has 0 spiro atoms. The van der Waals surface area contributed by atoms with E-state index in [4.69, 9.17) is 16.3 Å². The molecule has 0 saturated carbocycles. The van der Waals surface area contributed by atoms with Crippen LogP contribution in [0.1, 0.15) is 16.9 Å². The molecule has 0 bridgehead atoms. The number of H-pyrrole nitrogens is 1. The number of aromatic nitrogens is 1. The Morgan fingerprint density at radius 1 is 1.32 bits per heavy atom. The van der Waals surface area contributed by atoms with E-state index in [1.165, 1.54) is 7.11 Å². The zero-order chi connectivity index (χ0) is 15.9. The SMILES string of the molecule is COc1ccc(Cl)cc1NC(=O)CCNC(=O)c1ccc[nH]1. The molecule has 0 atom stereocenters. The van der Waals surface area contributed by atoms with E-state index in [-0.39, 0.29) is 24.8 Å². The summed E-state index contributed by atoms with van der Waals surface area (Å²) in [5.41, 5.74) is 0.951. The topological polar surface area (TPSA) is 83.2 Å². The van der Waals surface area contributed by atoms with Crippen LogP contribution in [-0.4, -0.2) is 30.5 Å². The van der Waals surface area contributed by atoms with Crippen LogP contribution in [0.5, 0.6) is 5.75 Å². The zero-order valence-electron chi connectivity index (χ0n) is 12.0. The van der Waals surface area contributed by atoms with E-state index in [1.54, 1.807) is 36.5 Å². The second kappa shape index (κ2) is 7.51. The number of methoxy groups -OCH3 is 1. The molecular formula is C15H16ClN3O3. The lowest BCUT2D eigenvalue weighted by atomic mass is 10.2. The number of benzene rings is 1. The highest BCUT2D eigenvalue weighted by Crippen LogP contribution is 2.27. The van der Waals surface area contributed by atoms with Crippen molar-refractivity contribution in [1.82, 2.24) is 10.3 Å². The summed E-state index contributed by atoms with van der Waals surface area (Å²) in [6.07, 6.45) is 1.80. The molecule has 0 unspecified atom stereocenters. The van der Waals surface area contributed by atoms with Gasteiger partial charge < -0.3 is 20.4 Å². The Kier molecular flexibility index (Phi) is 5.43. The zero-order valence-corrected chi connectivity index (χ0v) is 12.7. The van der Waals surface area contributed by atoms with Crippen molar-refractivity contribution in [2.75, 3.05) is 19.0 Å². The number of halogens is 1. The van der Waals surface area contributed by atoms with Crippen LogP contribution in [0.3, 0.4) is 0 Å². The molecule has 3 N–H and O–H groups in total. The third-order valence-electron chi connectivity index (χ3n) is 2.92. The van der Waals surface area contributed by atoms with Crippen molar-refractivity contribution >= 4 is 29.1 Å². The molecule has 1 aromatic carbocycles. The number of aromatic amines is 1. The average molecular weight is 322 g/mol. The highest BCUT2D eigenvalue weighted by Gasteiger charge is 2.10. The lowest BCUT2D eigenvalue weighted by Gasteiger charge is -2.10. The van der Waals surface area contributed by atoms with Crippen LogP contribution in [0.4, 0.5) is 5.69 Å². The molecule has 116 valence electrons. The minimum absolute atomic E-state index is 0.141. The van der Waals surface area contributed by atoms with Crippen LogP contribution < -0.4 is 15.4 Å². The van der Waals surface area contributed by atoms with Gasteiger partial charge in [0, 0.05) is 24.2 Å². The first kappa shape index (κ1) is 15.9.